The summed E-state index contributed by atoms with van der Waals surface area (Å²) < 4.78 is 1.58. The molecule has 1 fully saturated rings. The van der Waals surface area contributed by atoms with Crippen LogP contribution in [0.25, 0.3) is 0 Å². The van der Waals surface area contributed by atoms with Crippen molar-refractivity contribution < 1.29 is 4.79 Å². The van der Waals surface area contributed by atoms with Gasteiger partial charge in [-0.25, -0.2) is 0 Å². The molecule has 0 bridgehead atoms. The van der Waals surface area contributed by atoms with Gasteiger partial charge < -0.3 is 15.5 Å². The average Bonchev–Trinajstić information content (AvgIpc) is 2.67. The zero-order valence-electron chi connectivity index (χ0n) is 11.3. The molecule has 1 saturated heterocycles. The third kappa shape index (κ3) is 2.48. The highest BCUT2D eigenvalue weighted by molar-refractivity contribution is 5.97. The van der Waals surface area contributed by atoms with Crippen LogP contribution in [0.3, 0.4) is 0 Å². The molecule has 1 aromatic heterocycles. The fraction of sp³-hybridized carbons (Fsp3) is 0.667. The van der Waals surface area contributed by atoms with E-state index >= 15 is 0 Å². The first-order valence-electron chi connectivity index (χ1n) is 6.24. The van der Waals surface area contributed by atoms with Crippen LogP contribution >= 0.6 is 0 Å². The normalized spacial score (nSPS) is 17.4. The maximum absolute atomic E-state index is 12.3. The van der Waals surface area contributed by atoms with Gasteiger partial charge in [0, 0.05) is 32.4 Å². The van der Waals surface area contributed by atoms with Gasteiger partial charge >= 0.3 is 0 Å². The second-order valence-electron chi connectivity index (χ2n) is 5.09. The maximum atomic E-state index is 12.3. The van der Waals surface area contributed by atoms with Crippen molar-refractivity contribution in [3.8, 4) is 0 Å². The number of nitrogens with zero attached hydrogens (tertiary/aromatic N) is 4. The number of anilines is 1. The van der Waals surface area contributed by atoms with Gasteiger partial charge in [0.15, 0.2) is 5.69 Å². The Morgan fingerprint density at radius 3 is 2.50 bits per heavy atom. The zero-order chi connectivity index (χ0) is 13.3. The van der Waals surface area contributed by atoms with Gasteiger partial charge in [-0.15, -0.1) is 0 Å². The summed E-state index contributed by atoms with van der Waals surface area (Å²) in [6.07, 6.45) is 3.68. The van der Waals surface area contributed by atoms with Gasteiger partial charge in [0.05, 0.1) is 5.69 Å². The summed E-state index contributed by atoms with van der Waals surface area (Å²) in [4.78, 5) is 16.3. The molecule has 1 aliphatic rings. The molecule has 18 heavy (non-hydrogen) atoms. The third-order valence-electron chi connectivity index (χ3n) is 3.54. The molecule has 6 heteroatoms. The Bertz CT molecular complexity index is 432. The fourth-order valence-electron chi connectivity index (χ4n) is 2.41. The maximum Gasteiger partial charge on any atom is 0.276 e. The zero-order valence-corrected chi connectivity index (χ0v) is 11.3. The number of carbonyl (C=O) groups excluding carboxylic acids is 1. The molecule has 0 saturated carbocycles. The standard InChI is InChI=1S/C12H21N5O/c1-15(2)9-4-6-17(7-5-9)12(18)11-10(13)8-16(3)14-11/h8-9H,4-7,13H2,1-3H3. The summed E-state index contributed by atoms with van der Waals surface area (Å²) in [5, 5.41) is 4.13. The molecule has 6 nitrogen and oxygen atoms in total. The van der Waals surface area contributed by atoms with E-state index < -0.39 is 0 Å². The lowest BCUT2D eigenvalue weighted by atomic mass is 10.0. The van der Waals surface area contributed by atoms with Crippen molar-refractivity contribution in [3.05, 3.63) is 11.9 Å². The van der Waals surface area contributed by atoms with Crippen molar-refractivity contribution in [2.45, 2.75) is 18.9 Å². The monoisotopic (exact) mass is 251 g/mol. The molecule has 0 spiro atoms. The van der Waals surface area contributed by atoms with Crippen LogP contribution in [0, 0.1) is 0 Å². The molecule has 0 aliphatic carbocycles. The van der Waals surface area contributed by atoms with Crippen molar-refractivity contribution in [2.75, 3.05) is 32.9 Å². The number of piperidine rings is 1. The predicted octanol–water partition coefficient (Wildman–Crippen LogP) is 0.169. The number of aryl methyl sites for hydroxylation is 1. The quantitative estimate of drug-likeness (QED) is 0.813. The van der Waals surface area contributed by atoms with Crippen molar-refractivity contribution in [2.24, 2.45) is 7.05 Å². The number of nitrogens with two attached hydrogens (primary N) is 1. The Morgan fingerprint density at radius 2 is 2.06 bits per heavy atom. The van der Waals surface area contributed by atoms with Crippen LogP contribution < -0.4 is 5.73 Å². The minimum absolute atomic E-state index is 0.0506. The summed E-state index contributed by atoms with van der Waals surface area (Å²) in [5.74, 6) is -0.0506. The topological polar surface area (TPSA) is 67.4 Å². The molecule has 1 aliphatic heterocycles. The molecular weight excluding hydrogens is 230 g/mol. The Balaban J connectivity index is 2.02. The van der Waals surface area contributed by atoms with Crippen LogP contribution in [0.2, 0.25) is 0 Å². The van der Waals surface area contributed by atoms with Crippen molar-refractivity contribution >= 4 is 11.6 Å². The van der Waals surface area contributed by atoms with Gasteiger partial charge in [0.25, 0.3) is 5.91 Å². The van der Waals surface area contributed by atoms with E-state index in [1.807, 2.05) is 4.90 Å². The van der Waals surface area contributed by atoms with E-state index in [9.17, 15) is 4.79 Å². The fourth-order valence-corrected chi connectivity index (χ4v) is 2.41. The Hall–Kier alpha value is -1.56. The molecule has 100 valence electrons. The summed E-state index contributed by atoms with van der Waals surface area (Å²) in [6, 6.07) is 0.565. The molecule has 0 radical (unpaired) electrons. The van der Waals surface area contributed by atoms with E-state index in [4.69, 9.17) is 5.73 Å². The lowest BCUT2D eigenvalue weighted by Crippen LogP contribution is -2.44. The molecule has 2 heterocycles. The van der Waals surface area contributed by atoms with Crippen LogP contribution in [-0.4, -0.2) is 58.7 Å². The average molecular weight is 251 g/mol. The number of rotatable bonds is 2. The first-order chi connectivity index (χ1) is 8.49. The SMILES string of the molecule is CN(C)C1CCN(C(=O)c2nn(C)cc2N)CC1. The molecule has 0 unspecified atom stereocenters. The largest absolute Gasteiger partial charge is 0.396 e. The van der Waals surface area contributed by atoms with E-state index in [1.54, 1.807) is 17.9 Å². The first kappa shape index (κ1) is 12.9. The second-order valence-corrected chi connectivity index (χ2v) is 5.09. The minimum atomic E-state index is -0.0506. The van der Waals surface area contributed by atoms with Crippen LogP contribution in [-0.2, 0) is 7.05 Å². The Kier molecular flexibility index (Phi) is 3.56. The molecule has 0 aromatic carbocycles. The van der Waals surface area contributed by atoms with E-state index in [0.29, 0.717) is 17.4 Å². The summed E-state index contributed by atoms with van der Waals surface area (Å²) in [5.41, 5.74) is 6.62. The smallest absolute Gasteiger partial charge is 0.276 e. The van der Waals surface area contributed by atoms with Gasteiger partial charge in [0.1, 0.15) is 0 Å². The van der Waals surface area contributed by atoms with Gasteiger partial charge in [0.2, 0.25) is 0 Å². The summed E-state index contributed by atoms with van der Waals surface area (Å²) in [6.45, 7) is 1.55. The lowest BCUT2D eigenvalue weighted by molar-refractivity contribution is 0.0657. The van der Waals surface area contributed by atoms with Crippen molar-refractivity contribution in [3.63, 3.8) is 0 Å². The van der Waals surface area contributed by atoms with Gasteiger partial charge in [-0.2, -0.15) is 5.10 Å². The third-order valence-corrected chi connectivity index (χ3v) is 3.54. The number of likely N-dealkylation sites (tertiary alicyclic amines) is 1. The number of aromatic nitrogens is 2. The number of hydrogen-bond donors (Lipinski definition) is 1. The van der Waals surface area contributed by atoms with Crippen molar-refractivity contribution in [1.29, 1.82) is 0 Å². The first-order valence-corrected chi connectivity index (χ1v) is 6.24. The van der Waals surface area contributed by atoms with Crippen LogP contribution in [0.15, 0.2) is 6.20 Å². The molecular formula is C12H21N5O. The number of hydrogen-bond acceptors (Lipinski definition) is 4. The molecule has 1 amide bonds. The molecule has 1 aromatic rings. The van der Waals surface area contributed by atoms with Gasteiger partial charge in [-0.05, 0) is 26.9 Å². The number of nitrogen functional groups attached to an aromatic ring is 1. The predicted molar refractivity (Wildman–Crippen MR) is 70.2 cm³/mol. The second kappa shape index (κ2) is 4.97. The molecule has 0 atom stereocenters. The summed E-state index contributed by atoms with van der Waals surface area (Å²) >= 11 is 0. The highest BCUT2D eigenvalue weighted by Crippen LogP contribution is 2.18. The van der Waals surface area contributed by atoms with Crippen LogP contribution in [0.1, 0.15) is 23.3 Å². The van der Waals surface area contributed by atoms with Crippen LogP contribution in [0.5, 0.6) is 0 Å². The molecule has 2 rings (SSSR count). The Morgan fingerprint density at radius 1 is 1.44 bits per heavy atom. The Labute approximate surface area is 107 Å². The lowest BCUT2D eigenvalue weighted by Gasteiger charge is -2.34. The number of amides is 1. The van der Waals surface area contributed by atoms with E-state index in [-0.39, 0.29) is 5.91 Å². The molecule has 2 N–H and O–H groups in total. The van der Waals surface area contributed by atoms with Crippen LogP contribution in [0.4, 0.5) is 5.69 Å². The number of carbonyl (C=O) groups is 1. The highest BCUT2D eigenvalue weighted by atomic mass is 16.2. The highest BCUT2D eigenvalue weighted by Gasteiger charge is 2.26. The van der Waals surface area contributed by atoms with E-state index in [1.165, 1.54) is 0 Å². The van der Waals surface area contributed by atoms with E-state index in [2.05, 4.69) is 24.1 Å². The summed E-state index contributed by atoms with van der Waals surface area (Å²) in [7, 11) is 5.93. The van der Waals surface area contributed by atoms with E-state index in [0.717, 1.165) is 25.9 Å². The van der Waals surface area contributed by atoms with Gasteiger partial charge in [-0.1, -0.05) is 0 Å². The van der Waals surface area contributed by atoms with Crippen molar-refractivity contribution in [1.82, 2.24) is 19.6 Å². The minimum Gasteiger partial charge on any atom is -0.396 e. The van der Waals surface area contributed by atoms with Gasteiger partial charge in [-0.3, -0.25) is 9.48 Å².